The molecule has 4 aromatic rings. The van der Waals surface area contributed by atoms with Crippen LogP contribution in [0.4, 0.5) is 11.4 Å². The molecule has 0 radical (unpaired) electrons. The molecule has 0 saturated heterocycles. The van der Waals surface area contributed by atoms with Gasteiger partial charge in [-0.2, -0.15) is 0 Å². The average Bonchev–Trinajstić information content (AvgIpc) is 3.08. The summed E-state index contributed by atoms with van der Waals surface area (Å²) in [5.74, 6) is 1.41. The first-order chi connectivity index (χ1) is 15.3. The van der Waals surface area contributed by atoms with E-state index >= 15 is 0 Å². The van der Waals surface area contributed by atoms with Crippen LogP contribution in [-0.4, -0.2) is 11.6 Å². The van der Waals surface area contributed by atoms with Crippen molar-refractivity contribution in [3.8, 4) is 11.5 Å². The molecule has 1 aliphatic rings. The molecule has 31 heavy (non-hydrogen) atoms. The predicted molar refractivity (Wildman–Crippen MR) is 123 cm³/mol. The minimum Gasteiger partial charge on any atom is -0.457 e. The molecule has 0 aliphatic carbocycles. The minimum atomic E-state index is -0.0883. The second-order valence-electron chi connectivity index (χ2n) is 7.26. The second kappa shape index (κ2) is 8.28. The third-order valence-corrected chi connectivity index (χ3v) is 5.14. The molecule has 0 spiro atoms. The van der Waals surface area contributed by atoms with Crippen molar-refractivity contribution in [2.75, 3.05) is 4.90 Å². The van der Waals surface area contributed by atoms with Gasteiger partial charge in [-0.15, -0.1) is 0 Å². The zero-order valence-corrected chi connectivity index (χ0v) is 16.8. The van der Waals surface area contributed by atoms with E-state index < -0.39 is 0 Å². The fourth-order valence-electron chi connectivity index (χ4n) is 3.64. The Bertz CT molecular complexity index is 1230. The molecule has 0 fully saturated rings. The molecule has 1 aliphatic heterocycles. The molecule has 0 atom stereocenters. The van der Waals surface area contributed by atoms with Crippen LogP contribution in [0.1, 0.15) is 11.1 Å². The van der Waals surface area contributed by atoms with Crippen LogP contribution in [0.25, 0.3) is 0 Å². The molecule has 4 nitrogen and oxygen atoms in total. The standard InChI is InChI=1S/C27H20N2O2/c30-27-26(28-21-15-17-23(18-16-21)31-22-11-5-2-6-12-22)24-13-7-8-14-25(24)29(27)19-20-9-3-1-4-10-20/h1-18H,19H2. The van der Waals surface area contributed by atoms with Crippen molar-refractivity contribution in [2.45, 2.75) is 6.54 Å². The molecule has 4 heteroatoms. The maximum atomic E-state index is 13.2. The fourth-order valence-corrected chi connectivity index (χ4v) is 3.64. The highest BCUT2D eigenvalue weighted by atomic mass is 16.5. The van der Waals surface area contributed by atoms with Crippen LogP contribution in [0.5, 0.6) is 11.5 Å². The van der Waals surface area contributed by atoms with Gasteiger partial charge in [0.15, 0.2) is 0 Å². The van der Waals surface area contributed by atoms with Gasteiger partial charge in [-0.05, 0) is 48.0 Å². The number of hydrogen-bond acceptors (Lipinski definition) is 3. The summed E-state index contributed by atoms with van der Waals surface area (Å²) in [5.41, 5.74) is 3.99. The van der Waals surface area contributed by atoms with Crippen LogP contribution < -0.4 is 9.64 Å². The summed E-state index contributed by atoms with van der Waals surface area (Å²) in [6.07, 6.45) is 0. The monoisotopic (exact) mass is 404 g/mol. The molecule has 0 saturated carbocycles. The summed E-state index contributed by atoms with van der Waals surface area (Å²) in [6.45, 7) is 0.513. The third-order valence-electron chi connectivity index (χ3n) is 5.14. The summed E-state index contributed by atoms with van der Waals surface area (Å²) >= 11 is 0. The Morgan fingerprint density at radius 2 is 1.29 bits per heavy atom. The first kappa shape index (κ1) is 18.8. The molecule has 150 valence electrons. The van der Waals surface area contributed by atoms with Gasteiger partial charge in [0, 0.05) is 5.56 Å². The predicted octanol–water partition coefficient (Wildman–Crippen LogP) is 6.15. The van der Waals surface area contributed by atoms with Crippen LogP contribution in [-0.2, 0) is 11.3 Å². The lowest BCUT2D eigenvalue weighted by atomic mass is 10.1. The third kappa shape index (κ3) is 3.96. The van der Waals surface area contributed by atoms with Gasteiger partial charge in [0.2, 0.25) is 0 Å². The Morgan fingerprint density at radius 1 is 0.677 bits per heavy atom. The molecule has 0 bridgehead atoms. The lowest BCUT2D eigenvalue weighted by molar-refractivity contribution is -0.112. The molecule has 0 N–H and O–H groups in total. The zero-order valence-electron chi connectivity index (χ0n) is 16.8. The Balaban J connectivity index is 1.42. The van der Waals surface area contributed by atoms with Crippen molar-refractivity contribution in [3.05, 3.63) is 120 Å². The molecular formula is C27H20N2O2. The summed E-state index contributed by atoms with van der Waals surface area (Å²) in [7, 11) is 0. The largest absolute Gasteiger partial charge is 0.457 e. The number of rotatable bonds is 5. The smallest absolute Gasteiger partial charge is 0.277 e. The Labute approximate surface area is 181 Å². The van der Waals surface area contributed by atoms with Gasteiger partial charge in [0.25, 0.3) is 5.91 Å². The number of carbonyl (C=O) groups excluding carboxylic acids is 1. The van der Waals surface area contributed by atoms with Crippen molar-refractivity contribution >= 4 is 23.0 Å². The number of fused-ring (bicyclic) bond motifs is 1. The van der Waals surface area contributed by atoms with Gasteiger partial charge in [0.05, 0.1) is 17.9 Å². The van der Waals surface area contributed by atoms with Gasteiger partial charge < -0.3 is 9.64 Å². The maximum absolute atomic E-state index is 13.2. The lowest BCUT2D eigenvalue weighted by Gasteiger charge is -2.16. The highest BCUT2D eigenvalue weighted by molar-refractivity contribution is 6.54. The number of aliphatic imine (C=N–C) groups is 1. The van der Waals surface area contributed by atoms with Crippen LogP contribution in [0.2, 0.25) is 0 Å². The fraction of sp³-hybridized carbons (Fsp3) is 0.0370. The normalized spacial score (nSPS) is 14.0. The van der Waals surface area contributed by atoms with E-state index in [9.17, 15) is 4.79 Å². The SMILES string of the molecule is O=C1C(=Nc2ccc(Oc3ccccc3)cc2)c2ccccc2N1Cc1ccccc1. The number of benzene rings is 4. The Kier molecular flexibility index (Phi) is 5.03. The number of nitrogens with zero attached hydrogens (tertiary/aromatic N) is 2. The van der Waals surface area contributed by atoms with Gasteiger partial charge in [0.1, 0.15) is 17.2 Å². The number of ether oxygens (including phenoxy) is 1. The molecule has 1 amide bonds. The van der Waals surface area contributed by atoms with E-state index in [0.29, 0.717) is 17.9 Å². The van der Waals surface area contributed by atoms with E-state index in [1.165, 1.54) is 0 Å². The first-order valence-electron chi connectivity index (χ1n) is 10.1. The highest BCUT2D eigenvalue weighted by Gasteiger charge is 2.33. The lowest BCUT2D eigenvalue weighted by Crippen LogP contribution is -2.29. The minimum absolute atomic E-state index is 0.0883. The number of hydrogen-bond donors (Lipinski definition) is 0. The Hall–Kier alpha value is -4.18. The second-order valence-corrected chi connectivity index (χ2v) is 7.26. The summed E-state index contributed by atoms with van der Waals surface area (Å²) in [6, 6.07) is 34.9. The van der Waals surface area contributed by atoms with Gasteiger partial charge >= 0.3 is 0 Å². The van der Waals surface area contributed by atoms with Crippen LogP contribution in [0.15, 0.2) is 114 Å². The number of amides is 1. The van der Waals surface area contributed by atoms with E-state index in [1.54, 1.807) is 4.90 Å². The van der Waals surface area contributed by atoms with E-state index in [4.69, 9.17) is 9.73 Å². The topological polar surface area (TPSA) is 41.9 Å². The molecule has 1 heterocycles. The van der Waals surface area contributed by atoms with Crippen LogP contribution in [0, 0.1) is 0 Å². The van der Waals surface area contributed by atoms with Crippen LogP contribution >= 0.6 is 0 Å². The van der Waals surface area contributed by atoms with E-state index in [0.717, 1.165) is 28.3 Å². The number of carbonyl (C=O) groups is 1. The number of anilines is 1. The van der Waals surface area contributed by atoms with Crippen molar-refractivity contribution in [3.63, 3.8) is 0 Å². The van der Waals surface area contributed by atoms with Gasteiger partial charge in [-0.3, -0.25) is 4.79 Å². The summed E-state index contributed by atoms with van der Waals surface area (Å²) in [5, 5.41) is 0. The number of para-hydroxylation sites is 2. The van der Waals surface area contributed by atoms with Gasteiger partial charge in [-0.1, -0.05) is 66.7 Å². The van der Waals surface area contributed by atoms with Crippen molar-refractivity contribution < 1.29 is 9.53 Å². The maximum Gasteiger partial charge on any atom is 0.277 e. The first-order valence-corrected chi connectivity index (χ1v) is 10.1. The quantitative estimate of drug-likeness (QED) is 0.400. The van der Waals surface area contributed by atoms with Gasteiger partial charge in [-0.25, -0.2) is 4.99 Å². The van der Waals surface area contributed by atoms with E-state index in [-0.39, 0.29) is 5.91 Å². The van der Waals surface area contributed by atoms with Crippen LogP contribution in [0.3, 0.4) is 0 Å². The molecule has 0 unspecified atom stereocenters. The molecule has 0 aromatic heterocycles. The Morgan fingerprint density at radius 3 is 2.03 bits per heavy atom. The summed E-state index contributed by atoms with van der Waals surface area (Å²) in [4.78, 5) is 19.7. The molecule has 5 rings (SSSR count). The van der Waals surface area contributed by atoms with E-state index in [2.05, 4.69) is 0 Å². The summed E-state index contributed by atoms with van der Waals surface area (Å²) < 4.78 is 5.84. The van der Waals surface area contributed by atoms with E-state index in [1.807, 2.05) is 109 Å². The zero-order chi connectivity index (χ0) is 21.0. The van der Waals surface area contributed by atoms with Crippen molar-refractivity contribution in [1.82, 2.24) is 0 Å². The average molecular weight is 404 g/mol. The van der Waals surface area contributed by atoms with Crippen molar-refractivity contribution in [1.29, 1.82) is 0 Å². The molecule has 4 aromatic carbocycles. The molecular weight excluding hydrogens is 384 g/mol. The highest BCUT2D eigenvalue weighted by Crippen LogP contribution is 2.32. The van der Waals surface area contributed by atoms with Crippen molar-refractivity contribution in [2.24, 2.45) is 4.99 Å².